The minimum absolute atomic E-state index is 0.00565. The summed E-state index contributed by atoms with van der Waals surface area (Å²) in [7, 11) is 1.87. The summed E-state index contributed by atoms with van der Waals surface area (Å²) < 4.78 is 1.75. The van der Waals surface area contributed by atoms with Crippen molar-refractivity contribution in [2.45, 2.75) is 18.4 Å². The third-order valence-corrected chi connectivity index (χ3v) is 2.53. The molecule has 1 unspecified atom stereocenters. The quantitative estimate of drug-likeness (QED) is 0.593. The van der Waals surface area contributed by atoms with Gasteiger partial charge in [-0.05, 0) is 12.8 Å². The Bertz CT molecular complexity index is 307. The van der Waals surface area contributed by atoms with Crippen molar-refractivity contribution in [3.05, 3.63) is 17.5 Å². The second kappa shape index (κ2) is 2.31. The van der Waals surface area contributed by atoms with Crippen LogP contribution in [-0.4, -0.2) is 21.5 Å². The van der Waals surface area contributed by atoms with Gasteiger partial charge in [0.05, 0.1) is 17.8 Å². The normalized spacial score (nSPS) is 27.6. The van der Waals surface area contributed by atoms with Crippen molar-refractivity contribution in [3.63, 3.8) is 0 Å². The van der Waals surface area contributed by atoms with Crippen molar-refractivity contribution in [1.82, 2.24) is 9.78 Å². The van der Waals surface area contributed by atoms with E-state index in [0.29, 0.717) is 0 Å². The fraction of sp³-hybridized carbons (Fsp3) is 0.625. The first-order chi connectivity index (χ1) is 5.65. The number of hydrogen-bond donors (Lipinski definition) is 2. The van der Waals surface area contributed by atoms with Crippen LogP contribution in [0, 0.1) is 0 Å². The summed E-state index contributed by atoms with van der Waals surface area (Å²) in [5.74, 6) is 0. The lowest BCUT2D eigenvalue weighted by Gasteiger charge is -2.20. The van der Waals surface area contributed by atoms with Crippen LogP contribution < -0.4 is 5.73 Å². The van der Waals surface area contributed by atoms with Crippen molar-refractivity contribution in [2.24, 2.45) is 12.8 Å². The van der Waals surface area contributed by atoms with Gasteiger partial charge in [0.15, 0.2) is 0 Å². The summed E-state index contributed by atoms with van der Waals surface area (Å²) in [4.78, 5) is 0. The van der Waals surface area contributed by atoms with Crippen molar-refractivity contribution in [2.75, 3.05) is 6.61 Å². The molecule has 1 aliphatic carbocycles. The largest absolute Gasteiger partial charge is 0.394 e. The molecule has 1 aliphatic rings. The van der Waals surface area contributed by atoms with E-state index >= 15 is 0 Å². The van der Waals surface area contributed by atoms with Gasteiger partial charge in [0.1, 0.15) is 0 Å². The first-order valence-electron chi connectivity index (χ1n) is 4.08. The number of fused-ring (bicyclic) bond motifs is 1. The molecule has 1 aromatic heterocycles. The highest BCUT2D eigenvalue weighted by Gasteiger charge is 2.36. The highest BCUT2D eigenvalue weighted by Crippen LogP contribution is 2.33. The van der Waals surface area contributed by atoms with Gasteiger partial charge in [0.25, 0.3) is 0 Å². The van der Waals surface area contributed by atoms with Crippen LogP contribution >= 0.6 is 0 Å². The molecule has 0 fully saturated rings. The molecular formula is C8H13N3O. The predicted octanol–water partition coefficient (Wildman–Crippen LogP) is -0.487. The SMILES string of the molecule is Cn1cc2c(n1)CCC2(N)CO. The van der Waals surface area contributed by atoms with Crippen LogP contribution in [0.3, 0.4) is 0 Å². The Morgan fingerprint density at radius 2 is 2.58 bits per heavy atom. The monoisotopic (exact) mass is 167 g/mol. The summed E-state index contributed by atoms with van der Waals surface area (Å²) in [5.41, 5.74) is 7.48. The predicted molar refractivity (Wildman–Crippen MR) is 44.5 cm³/mol. The first kappa shape index (κ1) is 7.76. The standard InChI is InChI=1S/C8H13N3O/c1-11-4-6-7(10-11)2-3-8(6,9)5-12/h4,12H,2-3,5,9H2,1H3. The molecule has 0 spiro atoms. The maximum absolute atomic E-state index is 9.12. The maximum atomic E-state index is 9.12. The molecule has 0 saturated carbocycles. The number of aliphatic hydroxyl groups excluding tert-OH is 1. The van der Waals surface area contributed by atoms with Gasteiger partial charge in [0, 0.05) is 18.8 Å². The molecule has 1 heterocycles. The van der Waals surface area contributed by atoms with Gasteiger partial charge in [-0.1, -0.05) is 0 Å². The van der Waals surface area contributed by atoms with Crippen LogP contribution in [0.1, 0.15) is 17.7 Å². The van der Waals surface area contributed by atoms with E-state index in [2.05, 4.69) is 5.10 Å². The average Bonchev–Trinajstić information content (AvgIpc) is 2.53. The van der Waals surface area contributed by atoms with E-state index in [1.807, 2.05) is 13.2 Å². The fourth-order valence-electron chi connectivity index (χ4n) is 1.78. The minimum Gasteiger partial charge on any atom is -0.394 e. The van der Waals surface area contributed by atoms with Crippen LogP contribution in [0.4, 0.5) is 0 Å². The zero-order chi connectivity index (χ0) is 8.77. The van der Waals surface area contributed by atoms with Crippen LogP contribution in [0.15, 0.2) is 6.20 Å². The third-order valence-electron chi connectivity index (χ3n) is 2.53. The first-order valence-corrected chi connectivity index (χ1v) is 4.08. The van der Waals surface area contributed by atoms with E-state index in [1.165, 1.54) is 0 Å². The van der Waals surface area contributed by atoms with Crippen molar-refractivity contribution >= 4 is 0 Å². The summed E-state index contributed by atoms with van der Waals surface area (Å²) in [5, 5.41) is 13.4. The summed E-state index contributed by atoms with van der Waals surface area (Å²) in [6.07, 6.45) is 3.59. The Morgan fingerprint density at radius 3 is 3.25 bits per heavy atom. The van der Waals surface area contributed by atoms with Gasteiger partial charge >= 0.3 is 0 Å². The Hall–Kier alpha value is -0.870. The Kier molecular flexibility index (Phi) is 1.49. The Balaban J connectivity index is 2.47. The van der Waals surface area contributed by atoms with Gasteiger partial charge in [-0.2, -0.15) is 5.10 Å². The van der Waals surface area contributed by atoms with Crippen LogP contribution in [0.25, 0.3) is 0 Å². The number of aromatic nitrogens is 2. The summed E-state index contributed by atoms with van der Waals surface area (Å²) >= 11 is 0. The number of hydrogen-bond acceptors (Lipinski definition) is 3. The van der Waals surface area contributed by atoms with Gasteiger partial charge < -0.3 is 10.8 Å². The molecule has 0 aliphatic heterocycles. The van der Waals surface area contributed by atoms with Gasteiger partial charge in [0.2, 0.25) is 0 Å². The number of rotatable bonds is 1. The van der Waals surface area contributed by atoms with Crippen molar-refractivity contribution < 1.29 is 5.11 Å². The van der Waals surface area contributed by atoms with E-state index in [0.717, 1.165) is 24.1 Å². The van der Waals surface area contributed by atoms with Crippen LogP contribution in [0.2, 0.25) is 0 Å². The van der Waals surface area contributed by atoms with Crippen LogP contribution in [-0.2, 0) is 19.0 Å². The molecule has 66 valence electrons. The number of aryl methyl sites for hydroxylation is 2. The molecular weight excluding hydrogens is 154 g/mol. The summed E-state index contributed by atoms with van der Waals surface area (Å²) in [6, 6.07) is 0. The molecule has 0 saturated heterocycles. The second-order valence-corrected chi connectivity index (χ2v) is 3.48. The van der Waals surface area contributed by atoms with E-state index in [1.54, 1.807) is 4.68 Å². The smallest absolute Gasteiger partial charge is 0.0681 e. The zero-order valence-corrected chi connectivity index (χ0v) is 7.12. The van der Waals surface area contributed by atoms with E-state index in [-0.39, 0.29) is 6.61 Å². The maximum Gasteiger partial charge on any atom is 0.0681 e. The molecule has 0 aromatic carbocycles. The highest BCUT2D eigenvalue weighted by molar-refractivity contribution is 5.32. The molecule has 2 rings (SSSR count). The lowest BCUT2D eigenvalue weighted by molar-refractivity contribution is 0.196. The van der Waals surface area contributed by atoms with E-state index < -0.39 is 5.54 Å². The van der Waals surface area contributed by atoms with Gasteiger partial charge in [-0.25, -0.2) is 0 Å². The molecule has 4 nitrogen and oxygen atoms in total. The third kappa shape index (κ3) is 0.884. The molecule has 1 aromatic rings. The fourth-order valence-corrected chi connectivity index (χ4v) is 1.78. The number of nitrogens with two attached hydrogens (primary N) is 1. The van der Waals surface area contributed by atoms with Gasteiger partial charge in [-0.3, -0.25) is 4.68 Å². The molecule has 4 heteroatoms. The van der Waals surface area contributed by atoms with Crippen molar-refractivity contribution in [3.8, 4) is 0 Å². The summed E-state index contributed by atoms with van der Waals surface area (Å²) in [6.45, 7) is 0.00565. The molecule has 0 amide bonds. The lowest BCUT2D eigenvalue weighted by Crippen LogP contribution is -2.37. The zero-order valence-electron chi connectivity index (χ0n) is 7.12. The second-order valence-electron chi connectivity index (χ2n) is 3.48. The van der Waals surface area contributed by atoms with Crippen molar-refractivity contribution in [1.29, 1.82) is 0 Å². The van der Waals surface area contributed by atoms with Gasteiger partial charge in [-0.15, -0.1) is 0 Å². The molecule has 12 heavy (non-hydrogen) atoms. The lowest BCUT2D eigenvalue weighted by atomic mass is 9.97. The molecule has 0 radical (unpaired) electrons. The highest BCUT2D eigenvalue weighted by atomic mass is 16.3. The minimum atomic E-state index is -0.538. The van der Waals surface area contributed by atoms with E-state index in [4.69, 9.17) is 10.8 Å². The number of aliphatic hydroxyl groups is 1. The molecule has 0 bridgehead atoms. The number of nitrogens with zero attached hydrogens (tertiary/aromatic N) is 2. The average molecular weight is 167 g/mol. The molecule has 1 atom stereocenters. The van der Waals surface area contributed by atoms with E-state index in [9.17, 15) is 0 Å². The Labute approximate surface area is 71.0 Å². The Morgan fingerprint density at radius 1 is 1.83 bits per heavy atom. The van der Waals surface area contributed by atoms with Crippen LogP contribution in [0.5, 0.6) is 0 Å². The topological polar surface area (TPSA) is 64.1 Å². The molecule has 3 N–H and O–H groups in total.